The summed E-state index contributed by atoms with van der Waals surface area (Å²) in [4.78, 5) is 3.71. The Balaban J connectivity index is 2.64. The molecule has 0 saturated heterocycles. The van der Waals surface area contributed by atoms with E-state index in [1.807, 2.05) is 0 Å². The first-order chi connectivity index (χ1) is 6.65. The van der Waals surface area contributed by atoms with Crippen LogP contribution in [0.2, 0.25) is 0 Å². The van der Waals surface area contributed by atoms with Crippen molar-refractivity contribution in [3.63, 3.8) is 0 Å². The molecule has 2 aromatic heterocycles. The molecule has 0 N–H and O–H groups in total. The molecule has 0 atom stereocenters. The van der Waals surface area contributed by atoms with E-state index in [9.17, 15) is 13.2 Å². The number of hydrogen-bond donors (Lipinski definition) is 0. The molecule has 0 fully saturated rings. The van der Waals surface area contributed by atoms with Crippen LogP contribution < -0.4 is 0 Å². The molecule has 2 rings (SSSR count). The van der Waals surface area contributed by atoms with Crippen LogP contribution in [0.1, 0.15) is 5.56 Å². The highest BCUT2D eigenvalue weighted by Gasteiger charge is 2.35. The fourth-order valence-corrected chi connectivity index (χ4v) is 1.16. The molecule has 0 aliphatic heterocycles. The fourth-order valence-electron chi connectivity index (χ4n) is 1.16. The Bertz CT molecular complexity index is 452. The average Bonchev–Trinajstić information content (AvgIpc) is 2.61. The van der Waals surface area contributed by atoms with Gasteiger partial charge < -0.3 is 0 Å². The van der Waals surface area contributed by atoms with Crippen LogP contribution in [-0.4, -0.2) is 21.3 Å². The minimum Gasteiger partial charge on any atom is -0.244 e. The molecule has 0 spiro atoms. The molecule has 3 nitrogen and oxygen atoms in total. The van der Waals surface area contributed by atoms with Crippen LogP contribution in [0.15, 0.2) is 24.7 Å². The molecule has 2 heterocycles. The van der Waals surface area contributed by atoms with E-state index < -0.39 is 18.2 Å². The van der Waals surface area contributed by atoms with E-state index in [0.717, 1.165) is 6.20 Å². The Morgan fingerprint density at radius 3 is 2.93 bits per heavy atom. The Morgan fingerprint density at radius 1 is 1.43 bits per heavy atom. The Kier molecular flexibility index (Phi) is 1.90. The van der Waals surface area contributed by atoms with Crippen LogP contribution in [0.4, 0.5) is 13.2 Å². The lowest BCUT2D eigenvalue weighted by molar-refractivity contribution is -0.0268. The second-order valence-corrected chi connectivity index (χ2v) is 2.78. The van der Waals surface area contributed by atoms with Gasteiger partial charge in [0.2, 0.25) is 0 Å². The molecule has 2 aromatic rings. The lowest BCUT2D eigenvalue weighted by Gasteiger charge is -2.08. The van der Waals surface area contributed by atoms with E-state index in [0.29, 0.717) is 0 Å². The van der Waals surface area contributed by atoms with Crippen molar-refractivity contribution < 1.29 is 13.2 Å². The summed E-state index contributed by atoms with van der Waals surface area (Å²) in [6, 6.07) is 1.55. The summed E-state index contributed by atoms with van der Waals surface area (Å²) in [5.74, 6) is -3.52. The van der Waals surface area contributed by atoms with E-state index in [-0.39, 0.29) is 5.65 Å². The zero-order valence-corrected chi connectivity index (χ0v) is 6.99. The zero-order chi connectivity index (χ0) is 10.2. The first kappa shape index (κ1) is 8.98. The third-order valence-corrected chi connectivity index (χ3v) is 1.84. The highest BCUT2D eigenvalue weighted by atomic mass is 19.3. The van der Waals surface area contributed by atoms with Crippen LogP contribution >= 0.6 is 0 Å². The standard InChI is InChI=1S/C8H6F3N3/c9-5-8(10,11)6-4-13-14-3-1-2-12-7(6)14/h1-4H,5H2. The van der Waals surface area contributed by atoms with E-state index in [4.69, 9.17) is 0 Å². The predicted octanol–water partition coefficient (Wildman–Crippen LogP) is 1.79. The smallest absolute Gasteiger partial charge is 0.244 e. The molecule has 0 aromatic carbocycles. The summed E-state index contributed by atoms with van der Waals surface area (Å²) in [7, 11) is 0. The summed E-state index contributed by atoms with van der Waals surface area (Å²) in [5.41, 5.74) is -0.504. The lowest BCUT2D eigenvalue weighted by atomic mass is 10.2. The van der Waals surface area contributed by atoms with Crippen LogP contribution in [0.5, 0.6) is 0 Å². The fraction of sp³-hybridized carbons (Fsp3) is 0.250. The molecule has 14 heavy (non-hydrogen) atoms. The van der Waals surface area contributed by atoms with Crippen molar-refractivity contribution in [2.24, 2.45) is 0 Å². The number of nitrogens with zero attached hydrogens (tertiary/aromatic N) is 3. The maximum absolute atomic E-state index is 13.0. The molecule has 6 heteroatoms. The molecule has 0 unspecified atom stereocenters. The van der Waals surface area contributed by atoms with E-state index in [1.165, 1.54) is 16.9 Å². The monoisotopic (exact) mass is 201 g/mol. The number of aromatic nitrogens is 3. The summed E-state index contributed by atoms with van der Waals surface area (Å²) in [6.45, 7) is -1.75. The average molecular weight is 201 g/mol. The Hall–Kier alpha value is -1.59. The van der Waals surface area contributed by atoms with Crippen molar-refractivity contribution >= 4 is 5.65 Å². The van der Waals surface area contributed by atoms with Gasteiger partial charge in [-0.25, -0.2) is 13.9 Å². The molecule has 0 amide bonds. The number of fused-ring (bicyclic) bond motifs is 1. The highest BCUT2D eigenvalue weighted by molar-refractivity contribution is 5.48. The molecular weight excluding hydrogens is 195 g/mol. The molecule has 0 bridgehead atoms. The SMILES string of the molecule is FCC(F)(F)c1cnn2cccnc12. The molecule has 0 aliphatic rings. The minimum atomic E-state index is -3.52. The second-order valence-electron chi connectivity index (χ2n) is 2.78. The van der Waals surface area contributed by atoms with Gasteiger partial charge in [-0.2, -0.15) is 13.9 Å². The lowest BCUT2D eigenvalue weighted by Crippen LogP contribution is -2.15. The maximum atomic E-state index is 13.0. The summed E-state index contributed by atoms with van der Waals surface area (Å²) in [6.07, 6.45) is 3.76. The van der Waals surface area contributed by atoms with Crippen LogP contribution in [0.25, 0.3) is 5.65 Å². The van der Waals surface area contributed by atoms with E-state index in [1.54, 1.807) is 6.07 Å². The van der Waals surface area contributed by atoms with Crippen molar-refractivity contribution in [1.29, 1.82) is 0 Å². The van der Waals surface area contributed by atoms with Crippen molar-refractivity contribution in [3.8, 4) is 0 Å². The first-order valence-electron chi connectivity index (χ1n) is 3.88. The molecule has 0 radical (unpaired) electrons. The summed E-state index contributed by atoms with van der Waals surface area (Å²) in [5, 5.41) is 3.64. The highest BCUT2D eigenvalue weighted by Crippen LogP contribution is 2.30. The molecule has 74 valence electrons. The van der Waals surface area contributed by atoms with Crippen molar-refractivity contribution in [1.82, 2.24) is 14.6 Å². The number of hydrogen-bond acceptors (Lipinski definition) is 2. The van der Waals surface area contributed by atoms with E-state index >= 15 is 0 Å². The van der Waals surface area contributed by atoms with Gasteiger partial charge in [-0.1, -0.05) is 0 Å². The quantitative estimate of drug-likeness (QED) is 0.741. The number of rotatable bonds is 2. The van der Waals surface area contributed by atoms with Crippen LogP contribution in [0, 0.1) is 0 Å². The minimum absolute atomic E-state index is 0.0184. The first-order valence-corrected chi connectivity index (χ1v) is 3.88. The van der Waals surface area contributed by atoms with Gasteiger partial charge in [0.05, 0.1) is 11.8 Å². The largest absolute Gasteiger partial charge is 0.306 e. The number of alkyl halides is 3. The van der Waals surface area contributed by atoms with Gasteiger partial charge in [0.25, 0.3) is 0 Å². The van der Waals surface area contributed by atoms with Crippen LogP contribution in [0.3, 0.4) is 0 Å². The van der Waals surface area contributed by atoms with Crippen molar-refractivity contribution in [2.45, 2.75) is 5.92 Å². The zero-order valence-electron chi connectivity index (χ0n) is 6.99. The van der Waals surface area contributed by atoms with Gasteiger partial charge in [-0.05, 0) is 6.07 Å². The van der Waals surface area contributed by atoms with E-state index in [2.05, 4.69) is 10.1 Å². The van der Waals surface area contributed by atoms with Crippen LogP contribution in [-0.2, 0) is 5.92 Å². The normalized spacial score (nSPS) is 12.2. The van der Waals surface area contributed by atoms with Gasteiger partial charge in [-0.3, -0.25) is 0 Å². The predicted molar refractivity (Wildman–Crippen MR) is 42.9 cm³/mol. The third-order valence-electron chi connectivity index (χ3n) is 1.84. The molecule has 0 aliphatic carbocycles. The van der Waals surface area contributed by atoms with Crippen molar-refractivity contribution in [3.05, 3.63) is 30.2 Å². The van der Waals surface area contributed by atoms with Gasteiger partial charge in [0.1, 0.15) is 0 Å². The van der Waals surface area contributed by atoms with Gasteiger partial charge in [0, 0.05) is 12.4 Å². The number of halogens is 3. The van der Waals surface area contributed by atoms with Gasteiger partial charge >= 0.3 is 5.92 Å². The third kappa shape index (κ3) is 1.23. The molecular formula is C8H6F3N3. The second kappa shape index (κ2) is 2.97. The Morgan fingerprint density at radius 2 is 2.21 bits per heavy atom. The maximum Gasteiger partial charge on any atom is 0.306 e. The van der Waals surface area contributed by atoms with Crippen molar-refractivity contribution in [2.75, 3.05) is 6.67 Å². The Labute approximate surface area is 77.2 Å². The summed E-state index contributed by atoms with van der Waals surface area (Å²) >= 11 is 0. The van der Waals surface area contributed by atoms with Gasteiger partial charge in [0.15, 0.2) is 12.3 Å². The molecule has 0 saturated carbocycles. The summed E-state index contributed by atoms with van der Waals surface area (Å²) < 4.78 is 39.2. The van der Waals surface area contributed by atoms with Gasteiger partial charge in [-0.15, -0.1) is 0 Å². The topological polar surface area (TPSA) is 30.2 Å².